The molecule has 1 aromatic carbocycles. The first kappa shape index (κ1) is 12.9. The molecule has 0 aliphatic heterocycles. The van der Waals surface area contributed by atoms with Crippen molar-refractivity contribution in [2.75, 3.05) is 14.2 Å². The number of benzene rings is 1. The Hall–Kier alpha value is -1.59. The van der Waals surface area contributed by atoms with Gasteiger partial charge in [-0.3, -0.25) is 0 Å². The van der Waals surface area contributed by atoms with Crippen molar-refractivity contribution in [2.45, 2.75) is 13.0 Å². The highest BCUT2D eigenvalue weighted by atomic mass is 32.1. The molecule has 1 N–H and O–H groups in total. The maximum absolute atomic E-state index is 10.4. The summed E-state index contributed by atoms with van der Waals surface area (Å²) in [5.74, 6) is 1.30. The smallest absolute Gasteiger partial charge is 0.128 e. The number of thiazole rings is 1. The number of ether oxygens (including phenoxy) is 2. The van der Waals surface area contributed by atoms with Gasteiger partial charge in [-0.15, -0.1) is 11.3 Å². The van der Waals surface area contributed by atoms with Gasteiger partial charge in [-0.1, -0.05) is 0 Å². The Morgan fingerprint density at radius 1 is 1.28 bits per heavy atom. The van der Waals surface area contributed by atoms with Gasteiger partial charge in [0.2, 0.25) is 0 Å². The van der Waals surface area contributed by atoms with E-state index in [0.717, 1.165) is 10.6 Å². The van der Waals surface area contributed by atoms with Crippen molar-refractivity contribution in [2.24, 2.45) is 0 Å². The van der Waals surface area contributed by atoms with Gasteiger partial charge in [-0.05, 0) is 19.1 Å². The predicted molar refractivity (Wildman–Crippen MR) is 70.5 cm³/mol. The minimum atomic E-state index is -0.724. The summed E-state index contributed by atoms with van der Waals surface area (Å²) >= 11 is 1.43. The van der Waals surface area contributed by atoms with E-state index >= 15 is 0 Å². The molecule has 18 heavy (non-hydrogen) atoms. The molecule has 0 fully saturated rings. The first-order valence-electron chi connectivity index (χ1n) is 5.47. The molecule has 0 aliphatic carbocycles. The summed E-state index contributed by atoms with van der Waals surface area (Å²) in [4.78, 5) is 4.98. The summed E-state index contributed by atoms with van der Waals surface area (Å²) in [7, 11) is 3.17. The zero-order valence-electron chi connectivity index (χ0n) is 10.5. The number of aromatic nitrogens is 1. The molecule has 1 atom stereocenters. The molecule has 2 rings (SSSR count). The summed E-state index contributed by atoms with van der Waals surface area (Å²) in [5, 5.41) is 10.4. The molecular weight excluding hydrogens is 250 g/mol. The van der Waals surface area contributed by atoms with Crippen LogP contribution < -0.4 is 9.47 Å². The quantitative estimate of drug-likeness (QED) is 0.923. The molecule has 0 amide bonds. The lowest BCUT2D eigenvalue weighted by atomic mass is 10.1. The lowest BCUT2D eigenvalue weighted by Crippen LogP contribution is -2.02. The van der Waals surface area contributed by atoms with Crippen LogP contribution in [0.5, 0.6) is 11.5 Å². The van der Waals surface area contributed by atoms with E-state index in [4.69, 9.17) is 9.47 Å². The number of aliphatic hydroxyl groups excluding tert-OH is 1. The number of nitrogens with zero attached hydrogens (tertiary/aromatic N) is 1. The highest BCUT2D eigenvalue weighted by Crippen LogP contribution is 2.35. The first-order valence-corrected chi connectivity index (χ1v) is 6.35. The summed E-state index contributed by atoms with van der Waals surface area (Å²) in [6.45, 7) is 1.88. The molecule has 0 saturated carbocycles. The van der Waals surface area contributed by atoms with E-state index in [0.29, 0.717) is 17.1 Å². The third kappa shape index (κ3) is 2.32. The van der Waals surface area contributed by atoms with Gasteiger partial charge in [-0.25, -0.2) is 4.98 Å². The van der Waals surface area contributed by atoms with Gasteiger partial charge in [0.05, 0.1) is 30.3 Å². The van der Waals surface area contributed by atoms with Crippen LogP contribution in [0.2, 0.25) is 0 Å². The van der Waals surface area contributed by atoms with E-state index in [9.17, 15) is 5.11 Å². The molecule has 1 unspecified atom stereocenters. The van der Waals surface area contributed by atoms with Crippen molar-refractivity contribution in [1.82, 2.24) is 4.98 Å². The van der Waals surface area contributed by atoms with Crippen molar-refractivity contribution in [1.29, 1.82) is 0 Å². The van der Waals surface area contributed by atoms with E-state index in [1.165, 1.54) is 11.3 Å². The Labute approximate surface area is 110 Å². The van der Waals surface area contributed by atoms with Crippen LogP contribution in [0.4, 0.5) is 0 Å². The fraction of sp³-hybridized carbons (Fsp3) is 0.308. The second-order valence-electron chi connectivity index (χ2n) is 3.81. The molecule has 96 valence electrons. The van der Waals surface area contributed by atoms with Crippen molar-refractivity contribution in [3.63, 3.8) is 0 Å². The van der Waals surface area contributed by atoms with Crippen LogP contribution in [0.15, 0.2) is 23.7 Å². The van der Waals surface area contributed by atoms with Crippen LogP contribution in [0.1, 0.15) is 22.2 Å². The van der Waals surface area contributed by atoms with Crippen LogP contribution in [0.3, 0.4) is 0 Å². The largest absolute Gasteiger partial charge is 0.497 e. The zero-order valence-corrected chi connectivity index (χ0v) is 11.3. The summed E-state index contributed by atoms with van der Waals surface area (Å²) < 4.78 is 10.4. The third-order valence-corrected chi connectivity index (χ3v) is 3.75. The van der Waals surface area contributed by atoms with Crippen LogP contribution >= 0.6 is 11.3 Å². The standard InChI is InChI=1S/C13H15NO3S/c1-8-13(18-7-14-8)12(15)10-5-4-9(16-2)6-11(10)17-3/h4-7,12,15H,1-3H3. The van der Waals surface area contributed by atoms with E-state index in [2.05, 4.69) is 4.98 Å². The van der Waals surface area contributed by atoms with E-state index in [1.807, 2.05) is 13.0 Å². The molecule has 1 aromatic heterocycles. The maximum atomic E-state index is 10.4. The monoisotopic (exact) mass is 265 g/mol. The van der Waals surface area contributed by atoms with Gasteiger partial charge < -0.3 is 14.6 Å². The topological polar surface area (TPSA) is 51.6 Å². The van der Waals surface area contributed by atoms with Gasteiger partial charge in [0.15, 0.2) is 0 Å². The number of methoxy groups -OCH3 is 2. The van der Waals surface area contributed by atoms with E-state index in [-0.39, 0.29) is 0 Å². The number of hydrogen-bond acceptors (Lipinski definition) is 5. The second kappa shape index (κ2) is 5.37. The van der Waals surface area contributed by atoms with Crippen molar-refractivity contribution < 1.29 is 14.6 Å². The van der Waals surface area contributed by atoms with Gasteiger partial charge in [-0.2, -0.15) is 0 Å². The molecule has 0 radical (unpaired) electrons. The lowest BCUT2D eigenvalue weighted by molar-refractivity contribution is 0.217. The van der Waals surface area contributed by atoms with Crippen LogP contribution in [0, 0.1) is 6.92 Å². The highest BCUT2D eigenvalue weighted by Gasteiger charge is 2.19. The van der Waals surface area contributed by atoms with Crippen LogP contribution in [-0.4, -0.2) is 24.3 Å². The number of rotatable bonds is 4. The maximum Gasteiger partial charge on any atom is 0.128 e. The van der Waals surface area contributed by atoms with Gasteiger partial charge in [0, 0.05) is 11.6 Å². The van der Waals surface area contributed by atoms with Crippen molar-refractivity contribution in [3.8, 4) is 11.5 Å². The number of aryl methyl sites for hydroxylation is 1. The highest BCUT2D eigenvalue weighted by molar-refractivity contribution is 7.09. The number of hydrogen-bond donors (Lipinski definition) is 1. The number of aliphatic hydroxyl groups is 1. The molecule has 5 heteroatoms. The average Bonchev–Trinajstić information content (AvgIpc) is 2.83. The van der Waals surface area contributed by atoms with E-state index < -0.39 is 6.10 Å². The second-order valence-corrected chi connectivity index (χ2v) is 4.70. The SMILES string of the molecule is COc1ccc(C(O)c2scnc2C)c(OC)c1. The minimum Gasteiger partial charge on any atom is -0.497 e. The van der Waals surface area contributed by atoms with Crippen LogP contribution in [0.25, 0.3) is 0 Å². The molecule has 0 aliphatic rings. The summed E-state index contributed by atoms with van der Waals surface area (Å²) in [6, 6.07) is 5.37. The van der Waals surface area contributed by atoms with Gasteiger partial charge >= 0.3 is 0 Å². The Balaban J connectivity index is 2.41. The van der Waals surface area contributed by atoms with Gasteiger partial charge in [0.1, 0.15) is 17.6 Å². The Bertz CT molecular complexity index is 539. The summed E-state index contributed by atoms with van der Waals surface area (Å²) in [6.07, 6.45) is -0.724. The molecule has 1 heterocycles. The normalized spacial score (nSPS) is 12.2. The van der Waals surface area contributed by atoms with Crippen LogP contribution in [-0.2, 0) is 0 Å². The lowest BCUT2D eigenvalue weighted by Gasteiger charge is -2.15. The molecule has 0 bridgehead atoms. The molecular formula is C13H15NO3S. The Morgan fingerprint density at radius 3 is 2.61 bits per heavy atom. The molecule has 2 aromatic rings. The third-order valence-electron chi connectivity index (χ3n) is 2.77. The van der Waals surface area contributed by atoms with Gasteiger partial charge in [0.25, 0.3) is 0 Å². The van der Waals surface area contributed by atoms with Crippen molar-refractivity contribution >= 4 is 11.3 Å². The minimum absolute atomic E-state index is 0.606. The molecule has 4 nitrogen and oxygen atoms in total. The van der Waals surface area contributed by atoms with Crippen molar-refractivity contribution in [3.05, 3.63) is 39.8 Å². The molecule has 0 spiro atoms. The summed E-state index contributed by atoms with van der Waals surface area (Å²) in [5.41, 5.74) is 3.28. The fourth-order valence-electron chi connectivity index (χ4n) is 1.76. The molecule has 0 saturated heterocycles. The van der Waals surface area contributed by atoms with E-state index in [1.54, 1.807) is 31.9 Å². The zero-order chi connectivity index (χ0) is 13.1. The Morgan fingerprint density at radius 2 is 2.06 bits per heavy atom. The fourth-order valence-corrected chi connectivity index (χ4v) is 2.56. The Kier molecular flexibility index (Phi) is 3.84. The average molecular weight is 265 g/mol. The first-order chi connectivity index (χ1) is 8.67. The predicted octanol–water partition coefficient (Wildman–Crippen LogP) is 2.55.